The number of rotatable bonds is 8. The van der Waals surface area contributed by atoms with Gasteiger partial charge in [-0.2, -0.15) is 0 Å². The summed E-state index contributed by atoms with van der Waals surface area (Å²) in [5.41, 5.74) is 1.01. The Balaban J connectivity index is 1.78. The predicted molar refractivity (Wildman–Crippen MR) is 72.7 cm³/mol. The summed E-state index contributed by atoms with van der Waals surface area (Å²) in [4.78, 5) is 0. The van der Waals surface area contributed by atoms with E-state index in [1.54, 1.807) is 0 Å². The van der Waals surface area contributed by atoms with Crippen molar-refractivity contribution in [3.05, 3.63) is 18.2 Å². The molecule has 5 heteroatoms. The molecule has 0 saturated carbocycles. The van der Waals surface area contributed by atoms with Crippen molar-refractivity contribution in [3.63, 3.8) is 0 Å². The molecule has 0 unspecified atom stereocenters. The molecule has 0 spiro atoms. The van der Waals surface area contributed by atoms with Crippen LogP contribution in [0, 0.1) is 0 Å². The Morgan fingerprint density at radius 1 is 1.16 bits per heavy atom. The van der Waals surface area contributed by atoms with E-state index in [9.17, 15) is 0 Å². The molecule has 0 amide bonds. The average Bonchev–Trinajstić information content (AvgIpc) is 2.86. The quantitative estimate of drug-likeness (QED) is 0.734. The van der Waals surface area contributed by atoms with Gasteiger partial charge >= 0.3 is 0 Å². The Labute approximate surface area is 113 Å². The highest BCUT2D eigenvalue weighted by Crippen LogP contribution is 2.34. The van der Waals surface area contributed by atoms with Gasteiger partial charge in [0, 0.05) is 37.9 Å². The molecule has 1 heterocycles. The van der Waals surface area contributed by atoms with Crippen LogP contribution in [0.2, 0.25) is 0 Å². The second-order valence-electron chi connectivity index (χ2n) is 4.12. The molecule has 1 aromatic rings. The maximum absolute atomic E-state index is 5.49. The molecular weight excluding hydrogens is 246 g/mol. The Morgan fingerprint density at radius 3 is 2.63 bits per heavy atom. The van der Waals surface area contributed by atoms with E-state index in [1.165, 1.54) is 0 Å². The monoisotopic (exact) mass is 267 g/mol. The average molecular weight is 267 g/mol. The van der Waals surface area contributed by atoms with Gasteiger partial charge in [-0.05, 0) is 26.0 Å². The molecule has 1 aromatic carbocycles. The van der Waals surface area contributed by atoms with Gasteiger partial charge in [0.1, 0.15) is 0 Å². The summed E-state index contributed by atoms with van der Waals surface area (Å²) in [5.74, 6) is 1.59. The van der Waals surface area contributed by atoms with Crippen LogP contribution in [-0.2, 0) is 9.47 Å². The maximum Gasteiger partial charge on any atom is 0.231 e. The van der Waals surface area contributed by atoms with Gasteiger partial charge in [0.25, 0.3) is 0 Å². The zero-order valence-electron chi connectivity index (χ0n) is 11.5. The van der Waals surface area contributed by atoms with E-state index in [0.717, 1.165) is 30.2 Å². The third-order valence-corrected chi connectivity index (χ3v) is 2.79. The number of hydrogen-bond donors (Lipinski definition) is 1. The number of ether oxygens (including phenoxy) is 4. The van der Waals surface area contributed by atoms with Crippen LogP contribution in [0.25, 0.3) is 0 Å². The summed E-state index contributed by atoms with van der Waals surface area (Å²) in [6.45, 7) is 6.35. The SMILES string of the molecule is CCOC(CCNc1ccc2c(c1)OCO2)OCC. The van der Waals surface area contributed by atoms with Gasteiger partial charge in [0.15, 0.2) is 17.8 Å². The molecule has 19 heavy (non-hydrogen) atoms. The van der Waals surface area contributed by atoms with Crippen LogP contribution in [0.3, 0.4) is 0 Å². The minimum atomic E-state index is -0.142. The number of nitrogens with one attached hydrogen (secondary N) is 1. The molecule has 0 aliphatic carbocycles. The maximum atomic E-state index is 5.49. The van der Waals surface area contributed by atoms with Gasteiger partial charge in [-0.15, -0.1) is 0 Å². The summed E-state index contributed by atoms with van der Waals surface area (Å²) >= 11 is 0. The number of fused-ring (bicyclic) bond motifs is 1. The lowest BCUT2D eigenvalue weighted by Crippen LogP contribution is -2.21. The molecule has 0 saturated heterocycles. The molecule has 0 bridgehead atoms. The van der Waals surface area contributed by atoms with Crippen molar-refractivity contribution >= 4 is 5.69 Å². The summed E-state index contributed by atoms with van der Waals surface area (Å²) in [6.07, 6.45) is 0.660. The Morgan fingerprint density at radius 2 is 1.89 bits per heavy atom. The van der Waals surface area contributed by atoms with Gasteiger partial charge in [-0.25, -0.2) is 0 Å². The van der Waals surface area contributed by atoms with Gasteiger partial charge in [-0.3, -0.25) is 0 Å². The third-order valence-electron chi connectivity index (χ3n) is 2.79. The molecule has 0 fully saturated rings. The van der Waals surface area contributed by atoms with Crippen LogP contribution in [0.4, 0.5) is 5.69 Å². The first kappa shape index (κ1) is 14.0. The van der Waals surface area contributed by atoms with Crippen LogP contribution in [0.1, 0.15) is 20.3 Å². The van der Waals surface area contributed by atoms with Crippen molar-refractivity contribution in [2.24, 2.45) is 0 Å². The first-order valence-electron chi connectivity index (χ1n) is 6.70. The standard InChI is InChI=1S/C14H21NO4/c1-3-16-14(17-4-2)7-8-15-11-5-6-12-13(9-11)19-10-18-12/h5-6,9,14-15H,3-4,7-8,10H2,1-2H3. The van der Waals surface area contributed by atoms with Crippen molar-refractivity contribution in [1.82, 2.24) is 0 Å². The molecule has 0 radical (unpaired) electrons. The predicted octanol–water partition coefficient (Wildman–Crippen LogP) is 2.62. The Kier molecular flexibility index (Phi) is 5.30. The van der Waals surface area contributed by atoms with E-state index < -0.39 is 0 Å². The van der Waals surface area contributed by atoms with E-state index in [4.69, 9.17) is 18.9 Å². The van der Waals surface area contributed by atoms with Crippen molar-refractivity contribution in [1.29, 1.82) is 0 Å². The molecule has 1 aliphatic heterocycles. The largest absolute Gasteiger partial charge is 0.454 e. The zero-order chi connectivity index (χ0) is 13.5. The topological polar surface area (TPSA) is 49.0 Å². The van der Waals surface area contributed by atoms with Crippen LogP contribution in [-0.4, -0.2) is 32.8 Å². The lowest BCUT2D eigenvalue weighted by atomic mass is 10.2. The lowest BCUT2D eigenvalue weighted by molar-refractivity contribution is -0.137. The highest BCUT2D eigenvalue weighted by atomic mass is 16.7. The van der Waals surface area contributed by atoms with Gasteiger partial charge < -0.3 is 24.3 Å². The Bertz CT molecular complexity index is 391. The molecular formula is C14H21NO4. The highest BCUT2D eigenvalue weighted by molar-refractivity contribution is 5.55. The summed E-state index contributed by atoms with van der Waals surface area (Å²) in [5, 5.41) is 3.33. The highest BCUT2D eigenvalue weighted by Gasteiger charge is 2.13. The third kappa shape index (κ3) is 4.01. The first-order valence-corrected chi connectivity index (χ1v) is 6.70. The fourth-order valence-electron chi connectivity index (χ4n) is 1.93. The van der Waals surface area contributed by atoms with Crippen molar-refractivity contribution in [2.45, 2.75) is 26.6 Å². The Hall–Kier alpha value is -1.46. The molecule has 2 rings (SSSR count). The summed E-state index contributed by atoms with van der Waals surface area (Å²) < 4.78 is 21.6. The van der Waals surface area contributed by atoms with Crippen molar-refractivity contribution < 1.29 is 18.9 Å². The van der Waals surface area contributed by atoms with Crippen LogP contribution in [0.5, 0.6) is 11.5 Å². The summed E-state index contributed by atoms with van der Waals surface area (Å²) in [7, 11) is 0. The molecule has 0 aromatic heterocycles. The van der Waals surface area contributed by atoms with E-state index in [2.05, 4.69) is 5.32 Å². The van der Waals surface area contributed by atoms with E-state index in [-0.39, 0.29) is 6.29 Å². The number of hydrogen-bond acceptors (Lipinski definition) is 5. The molecule has 0 atom stereocenters. The van der Waals surface area contributed by atoms with Gasteiger partial charge in [-0.1, -0.05) is 0 Å². The van der Waals surface area contributed by atoms with Crippen molar-refractivity contribution in [2.75, 3.05) is 31.9 Å². The van der Waals surface area contributed by atoms with Crippen LogP contribution >= 0.6 is 0 Å². The van der Waals surface area contributed by atoms with Gasteiger partial charge in [0.05, 0.1) is 0 Å². The smallest absolute Gasteiger partial charge is 0.231 e. The number of benzene rings is 1. The molecule has 5 nitrogen and oxygen atoms in total. The minimum Gasteiger partial charge on any atom is -0.454 e. The minimum absolute atomic E-state index is 0.142. The normalized spacial score (nSPS) is 13.0. The van der Waals surface area contributed by atoms with Gasteiger partial charge in [0.2, 0.25) is 6.79 Å². The molecule has 1 aliphatic rings. The zero-order valence-corrected chi connectivity index (χ0v) is 11.5. The van der Waals surface area contributed by atoms with E-state index in [0.29, 0.717) is 20.0 Å². The van der Waals surface area contributed by atoms with Crippen LogP contribution in [0.15, 0.2) is 18.2 Å². The first-order chi connectivity index (χ1) is 9.33. The van der Waals surface area contributed by atoms with Crippen molar-refractivity contribution in [3.8, 4) is 11.5 Å². The molecule has 106 valence electrons. The fraction of sp³-hybridized carbons (Fsp3) is 0.571. The second-order valence-corrected chi connectivity index (χ2v) is 4.12. The fourth-order valence-corrected chi connectivity index (χ4v) is 1.93. The number of anilines is 1. The molecule has 1 N–H and O–H groups in total. The van der Waals surface area contributed by atoms with E-state index in [1.807, 2.05) is 32.0 Å². The lowest BCUT2D eigenvalue weighted by Gasteiger charge is -2.17. The van der Waals surface area contributed by atoms with Crippen LogP contribution < -0.4 is 14.8 Å². The summed E-state index contributed by atoms with van der Waals surface area (Å²) in [6, 6.07) is 5.83. The van der Waals surface area contributed by atoms with E-state index >= 15 is 0 Å². The second kappa shape index (κ2) is 7.21.